The lowest BCUT2D eigenvalue weighted by Gasteiger charge is -2.14. The van der Waals surface area contributed by atoms with Crippen LogP contribution in [-0.2, 0) is 5.92 Å². The third-order valence-corrected chi connectivity index (χ3v) is 1.97. The summed E-state index contributed by atoms with van der Waals surface area (Å²) in [5.41, 5.74) is 0.164. The molecule has 72 valence electrons. The molecule has 0 heterocycles. The van der Waals surface area contributed by atoms with E-state index in [9.17, 15) is 13.9 Å². The van der Waals surface area contributed by atoms with Crippen molar-refractivity contribution in [3.8, 4) is 5.75 Å². The summed E-state index contributed by atoms with van der Waals surface area (Å²) in [7, 11) is 0. The number of hydrogen-bond acceptors (Lipinski definition) is 1. The second-order valence-electron chi connectivity index (χ2n) is 3.03. The maximum Gasteiger partial charge on any atom is 0.274 e. The minimum absolute atomic E-state index is 0.0449. The van der Waals surface area contributed by atoms with Crippen molar-refractivity contribution in [1.29, 1.82) is 0 Å². The molecular weight excluding hydrogens is 198 g/mol. The minimum Gasteiger partial charge on any atom is -0.506 e. The van der Waals surface area contributed by atoms with Gasteiger partial charge in [-0.05, 0) is 24.6 Å². The monoisotopic (exact) mass is 206 g/mol. The van der Waals surface area contributed by atoms with Crippen LogP contribution in [0, 0.1) is 6.92 Å². The highest BCUT2D eigenvalue weighted by Crippen LogP contribution is 2.38. The average molecular weight is 207 g/mol. The Morgan fingerprint density at radius 2 is 1.92 bits per heavy atom. The van der Waals surface area contributed by atoms with Gasteiger partial charge in [0.1, 0.15) is 5.75 Å². The molecule has 0 saturated carbocycles. The largest absolute Gasteiger partial charge is 0.506 e. The van der Waals surface area contributed by atoms with Crippen molar-refractivity contribution in [1.82, 2.24) is 0 Å². The predicted molar refractivity (Wildman–Crippen MR) is 47.4 cm³/mol. The van der Waals surface area contributed by atoms with Crippen LogP contribution in [0.3, 0.4) is 0 Å². The Morgan fingerprint density at radius 1 is 1.38 bits per heavy atom. The van der Waals surface area contributed by atoms with E-state index in [0.717, 1.165) is 6.92 Å². The molecule has 1 N–H and O–H groups in total. The Hall–Kier alpha value is -0.830. The molecule has 0 spiro atoms. The highest BCUT2D eigenvalue weighted by molar-refractivity contribution is 6.32. The molecule has 1 aromatic carbocycles. The zero-order valence-corrected chi connectivity index (χ0v) is 7.99. The van der Waals surface area contributed by atoms with Crippen molar-refractivity contribution < 1.29 is 13.9 Å². The summed E-state index contributed by atoms with van der Waals surface area (Å²) in [6.07, 6.45) is 0. The number of hydrogen-bond donors (Lipinski definition) is 1. The van der Waals surface area contributed by atoms with Gasteiger partial charge < -0.3 is 5.11 Å². The van der Waals surface area contributed by atoms with Crippen LogP contribution < -0.4 is 0 Å². The molecule has 13 heavy (non-hydrogen) atoms. The standard InChI is InChI=1S/C9H9ClF2O/c1-5-3-6(9(2,11)12)8(13)7(10)4-5/h3-4,13H,1-2H3. The number of alkyl halides is 2. The first-order valence-corrected chi connectivity index (χ1v) is 4.07. The molecule has 0 atom stereocenters. The molecule has 0 amide bonds. The van der Waals surface area contributed by atoms with E-state index in [1.807, 2.05) is 0 Å². The van der Waals surface area contributed by atoms with Crippen LogP contribution in [0.1, 0.15) is 18.1 Å². The maximum absolute atomic E-state index is 12.9. The van der Waals surface area contributed by atoms with Gasteiger partial charge in [-0.2, -0.15) is 0 Å². The molecule has 0 aromatic heterocycles. The normalized spacial score (nSPS) is 11.8. The number of phenols is 1. The fraction of sp³-hybridized carbons (Fsp3) is 0.333. The minimum atomic E-state index is -3.07. The van der Waals surface area contributed by atoms with Gasteiger partial charge in [0, 0.05) is 6.92 Å². The second kappa shape index (κ2) is 3.14. The van der Waals surface area contributed by atoms with E-state index >= 15 is 0 Å². The summed E-state index contributed by atoms with van der Waals surface area (Å²) in [5, 5.41) is 9.20. The quantitative estimate of drug-likeness (QED) is 0.746. The number of aromatic hydroxyl groups is 1. The van der Waals surface area contributed by atoms with Gasteiger partial charge in [0.2, 0.25) is 0 Å². The summed E-state index contributed by atoms with van der Waals surface area (Å²) >= 11 is 5.54. The van der Waals surface area contributed by atoms with Gasteiger partial charge in [-0.15, -0.1) is 0 Å². The van der Waals surface area contributed by atoms with Crippen LogP contribution in [0.2, 0.25) is 5.02 Å². The van der Waals surface area contributed by atoms with Crippen LogP contribution in [0.25, 0.3) is 0 Å². The molecule has 0 aliphatic heterocycles. The summed E-state index contributed by atoms with van der Waals surface area (Å²) in [6.45, 7) is 2.36. The lowest BCUT2D eigenvalue weighted by molar-refractivity contribution is 0.0151. The van der Waals surface area contributed by atoms with Crippen LogP contribution in [-0.4, -0.2) is 5.11 Å². The van der Waals surface area contributed by atoms with E-state index in [4.69, 9.17) is 11.6 Å². The molecule has 0 fully saturated rings. The van der Waals surface area contributed by atoms with E-state index in [0.29, 0.717) is 5.56 Å². The molecule has 0 unspecified atom stereocenters. The van der Waals surface area contributed by atoms with Crippen molar-refractivity contribution in [3.05, 3.63) is 28.3 Å². The van der Waals surface area contributed by atoms with E-state index in [2.05, 4.69) is 0 Å². The fourth-order valence-corrected chi connectivity index (χ4v) is 1.34. The van der Waals surface area contributed by atoms with Crippen molar-refractivity contribution in [2.24, 2.45) is 0 Å². The summed E-state index contributed by atoms with van der Waals surface area (Å²) in [6, 6.07) is 2.66. The van der Waals surface area contributed by atoms with E-state index in [1.165, 1.54) is 12.1 Å². The van der Waals surface area contributed by atoms with Crippen molar-refractivity contribution in [2.75, 3.05) is 0 Å². The lowest BCUT2D eigenvalue weighted by atomic mass is 10.1. The molecule has 0 saturated heterocycles. The van der Waals surface area contributed by atoms with Crippen molar-refractivity contribution in [2.45, 2.75) is 19.8 Å². The summed E-state index contributed by atoms with van der Waals surface area (Å²) < 4.78 is 25.7. The maximum atomic E-state index is 12.9. The second-order valence-corrected chi connectivity index (χ2v) is 3.44. The Bertz CT molecular complexity index is 331. The topological polar surface area (TPSA) is 20.2 Å². The van der Waals surface area contributed by atoms with E-state index in [-0.39, 0.29) is 5.02 Å². The number of phenolic OH excluding ortho intramolecular Hbond substituents is 1. The molecule has 1 rings (SSSR count). The highest BCUT2D eigenvalue weighted by atomic mass is 35.5. The Morgan fingerprint density at radius 3 is 2.38 bits per heavy atom. The molecule has 0 aliphatic carbocycles. The van der Waals surface area contributed by atoms with Gasteiger partial charge in [0.25, 0.3) is 5.92 Å². The van der Waals surface area contributed by atoms with Crippen molar-refractivity contribution in [3.63, 3.8) is 0 Å². The first kappa shape index (κ1) is 10.3. The molecule has 1 aromatic rings. The Balaban J connectivity index is 3.37. The molecule has 0 radical (unpaired) electrons. The Kier molecular flexibility index (Phi) is 2.48. The average Bonchev–Trinajstić information content (AvgIpc) is 1.94. The van der Waals surface area contributed by atoms with Gasteiger partial charge >= 0.3 is 0 Å². The van der Waals surface area contributed by atoms with E-state index < -0.39 is 17.2 Å². The predicted octanol–water partition coefficient (Wildman–Crippen LogP) is 3.47. The molecule has 0 aliphatic rings. The lowest BCUT2D eigenvalue weighted by Crippen LogP contribution is -2.07. The number of halogens is 3. The summed E-state index contributed by atoms with van der Waals surface area (Å²) in [5.74, 6) is -3.61. The van der Waals surface area contributed by atoms with Gasteiger partial charge in [0.05, 0.1) is 10.6 Å². The zero-order chi connectivity index (χ0) is 10.2. The zero-order valence-electron chi connectivity index (χ0n) is 7.24. The first-order chi connectivity index (χ1) is 5.82. The SMILES string of the molecule is Cc1cc(Cl)c(O)c(C(C)(F)F)c1. The van der Waals surface area contributed by atoms with E-state index in [1.54, 1.807) is 6.92 Å². The van der Waals surface area contributed by atoms with Crippen molar-refractivity contribution >= 4 is 11.6 Å². The van der Waals surface area contributed by atoms with Gasteiger partial charge in [-0.1, -0.05) is 11.6 Å². The van der Waals surface area contributed by atoms with Crippen LogP contribution in [0.4, 0.5) is 8.78 Å². The smallest absolute Gasteiger partial charge is 0.274 e. The number of benzene rings is 1. The van der Waals surface area contributed by atoms with Gasteiger partial charge in [0.15, 0.2) is 0 Å². The molecule has 1 nitrogen and oxygen atoms in total. The van der Waals surface area contributed by atoms with Crippen LogP contribution in [0.5, 0.6) is 5.75 Å². The molecule has 4 heteroatoms. The molecule has 0 bridgehead atoms. The van der Waals surface area contributed by atoms with Gasteiger partial charge in [-0.25, -0.2) is 8.78 Å². The van der Waals surface area contributed by atoms with Crippen LogP contribution in [0.15, 0.2) is 12.1 Å². The fourth-order valence-electron chi connectivity index (χ4n) is 1.07. The third-order valence-electron chi connectivity index (χ3n) is 1.68. The van der Waals surface area contributed by atoms with Crippen LogP contribution >= 0.6 is 11.6 Å². The third kappa shape index (κ3) is 2.10. The van der Waals surface area contributed by atoms with Gasteiger partial charge in [-0.3, -0.25) is 0 Å². The first-order valence-electron chi connectivity index (χ1n) is 3.70. The highest BCUT2D eigenvalue weighted by Gasteiger charge is 2.29. The molecular formula is C9H9ClF2O. The Labute approximate surface area is 80.0 Å². The number of rotatable bonds is 1. The number of aryl methyl sites for hydroxylation is 1. The summed E-state index contributed by atoms with van der Waals surface area (Å²) in [4.78, 5) is 0.